The van der Waals surface area contributed by atoms with Crippen LogP contribution in [0.15, 0.2) is 39.6 Å². The van der Waals surface area contributed by atoms with Crippen LogP contribution in [0.5, 0.6) is 0 Å². The quantitative estimate of drug-likeness (QED) is 0.858. The van der Waals surface area contributed by atoms with Gasteiger partial charge < -0.3 is 5.73 Å². The van der Waals surface area contributed by atoms with Crippen LogP contribution in [0.4, 0.5) is 0 Å². The molecular formula is C15H20BrN3S. The van der Waals surface area contributed by atoms with Gasteiger partial charge >= 0.3 is 0 Å². The summed E-state index contributed by atoms with van der Waals surface area (Å²) in [5.74, 6) is 0. The first-order valence-electron chi connectivity index (χ1n) is 6.70. The van der Waals surface area contributed by atoms with E-state index in [0.717, 1.165) is 23.1 Å². The summed E-state index contributed by atoms with van der Waals surface area (Å²) in [6, 6.07) is 8.69. The molecule has 3 nitrogen and oxygen atoms in total. The van der Waals surface area contributed by atoms with E-state index in [4.69, 9.17) is 5.73 Å². The fraction of sp³-hybridized carbons (Fsp3) is 0.400. The molecular weight excluding hydrogens is 334 g/mol. The van der Waals surface area contributed by atoms with E-state index in [1.165, 1.54) is 5.56 Å². The van der Waals surface area contributed by atoms with Crippen LogP contribution in [-0.4, -0.2) is 23.0 Å². The lowest BCUT2D eigenvalue weighted by molar-refractivity contribution is 0.200. The molecule has 1 heterocycles. The zero-order valence-corrected chi connectivity index (χ0v) is 14.2. The summed E-state index contributed by atoms with van der Waals surface area (Å²) < 4.78 is 1.09. The smallest absolute Gasteiger partial charge is 0.0795 e. The molecule has 5 heteroatoms. The molecule has 108 valence electrons. The van der Waals surface area contributed by atoms with Crippen LogP contribution in [0.1, 0.15) is 30.6 Å². The standard InChI is InChI=1S/C15H20BrN3S/c1-3-14(17)15(11-5-4-6-12(16)7-11)19(2)8-13-9-20-10-18-13/h4-7,9-10,14-15H,3,8,17H2,1-2H3. The number of hydrogen-bond acceptors (Lipinski definition) is 4. The average molecular weight is 354 g/mol. The number of benzene rings is 1. The summed E-state index contributed by atoms with van der Waals surface area (Å²) >= 11 is 5.17. The van der Waals surface area contributed by atoms with E-state index in [1.54, 1.807) is 11.3 Å². The Morgan fingerprint density at radius 3 is 2.85 bits per heavy atom. The highest BCUT2D eigenvalue weighted by atomic mass is 79.9. The third kappa shape index (κ3) is 3.88. The van der Waals surface area contributed by atoms with Crippen LogP contribution in [0, 0.1) is 0 Å². The van der Waals surface area contributed by atoms with Gasteiger partial charge in [0.15, 0.2) is 0 Å². The Hall–Kier alpha value is -0.750. The lowest BCUT2D eigenvalue weighted by Crippen LogP contribution is -2.38. The minimum Gasteiger partial charge on any atom is -0.326 e. The Balaban J connectivity index is 2.23. The van der Waals surface area contributed by atoms with Gasteiger partial charge in [-0.3, -0.25) is 4.90 Å². The zero-order chi connectivity index (χ0) is 14.5. The average Bonchev–Trinajstić information content (AvgIpc) is 2.91. The van der Waals surface area contributed by atoms with Gasteiger partial charge in [-0.25, -0.2) is 4.98 Å². The molecule has 1 aromatic heterocycles. The molecule has 2 rings (SSSR count). The van der Waals surface area contributed by atoms with E-state index in [0.29, 0.717) is 0 Å². The van der Waals surface area contributed by atoms with Gasteiger partial charge in [0.2, 0.25) is 0 Å². The van der Waals surface area contributed by atoms with E-state index in [1.807, 2.05) is 11.6 Å². The fourth-order valence-electron chi connectivity index (χ4n) is 2.41. The van der Waals surface area contributed by atoms with E-state index in [-0.39, 0.29) is 12.1 Å². The second-order valence-corrected chi connectivity index (χ2v) is 6.60. The van der Waals surface area contributed by atoms with E-state index >= 15 is 0 Å². The second-order valence-electron chi connectivity index (χ2n) is 4.97. The maximum Gasteiger partial charge on any atom is 0.0795 e. The van der Waals surface area contributed by atoms with Crippen molar-refractivity contribution in [2.24, 2.45) is 5.73 Å². The Bertz CT molecular complexity index is 530. The highest BCUT2D eigenvalue weighted by Crippen LogP contribution is 2.27. The van der Waals surface area contributed by atoms with Crippen molar-refractivity contribution in [1.82, 2.24) is 9.88 Å². The second kappa shape index (κ2) is 7.31. The van der Waals surface area contributed by atoms with E-state index in [9.17, 15) is 0 Å². The molecule has 0 radical (unpaired) electrons. The summed E-state index contributed by atoms with van der Waals surface area (Å²) in [6.07, 6.45) is 0.943. The van der Waals surface area contributed by atoms with Crippen LogP contribution >= 0.6 is 27.3 Å². The fourth-order valence-corrected chi connectivity index (χ4v) is 3.38. The van der Waals surface area contributed by atoms with Gasteiger partial charge in [0.05, 0.1) is 17.2 Å². The molecule has 0 saturated heterocycles. The Morgan fingerprint density at radius 1 is 1.45 bits per heavy atom. The molecule has 2 aromatic rings. The molecule has 0 spiro atoms. The lowest BCUT2D eigenvalue weighted by Gasteiger charge is -2.32. The van der Waals surface area contributed by atoms with Gasteiger partial charge in [-0.15, -0.1) is 11.3 Å². The van der Waals surface area contributed by atoms with Gasteiger partial charge in [0, 0.05) is 22.4 Å². The van der Waals surface area contributed by atoms with Crippen molar-refractivity contribution in [3.8, 4) is 0 Å². The summed E-state index contributed by atoms with van der Waals surface area (Å²) in [4.78, 5) is 6.64. The van der Waals surface area contributed by atoms with Crippen LogP contribution in [0.25, 0.3) is 0 Å². The van der Waals surface area contributed by atoms with Crippen molar-refractivity contribution in [3.05, 3.63) is 50.9 Å². The summed E-state index contributed by atoms with van der Waals surface area (Å²) in [7, 11) is 2.11. The topological polar surface area (TPSA) is 42.1 Å². The first-order chi connectivity index (χ1) is 9.61. The summed E-state index contributed by atoms with van der Waals surface area (Å²) in [5.41, 5.74) is 10.6. The molecule has 20 heavy (non-hydrogen) atoms. The number of thiazole rings is 1. The summed E-state index contributed by atoms with van der Waals surface area (Å²) in [5, 5.41) is 2.09. The van der Waals surface area contributed by atoms with Crippen molar-refractivity contribution in [2.45, 2.75) is 32.0 Å². The number of nitrogens with zero attached hydrogens (tertiary/aromatic N) is 2. The van der Waals surface area contributed by atoms with Crippen molar-refractivity contribution < 1.29 is 0 Å². The maximum absolute atomic E-state index is 6.35. The van der Waals surface area contributed by atoms with Crippen LogP contribution in [0.2, 0.25) is 0 Å². The molecule has 2 N–H and O–H groups in total. The van der Waals surface area contributed by atoms with Crippen LogP contribution in [0.3, 0.4) is 0 Å². The zero-order valence-electron chi connectivity index (χ0n) is 11.8. The first kappa shape index (κ1) is 15.6. The molecule has 2 unspecified atom stereocenters. The van der Waals surface area contributed by atoms with Gasteiger partial charge in [-0.1, -0.05) is 35.0 Å². The minimum atomic E-state index is 0.105. The third-order valence-corrected chi connectivity index (χ3v) is 4.57. The molecule has 0 fully saturated rings. The van der Waals surface area contributed by atoms with Gasteiger partial charge in [0.1, 0.15) is 0 Å². The predicted octanol–water partition coefficient (Wildman–Crippen LogP) is 3.82. The predicted molar refractivity (Wildman–Crippen MR) is 88.7 cm³/mol. The van der Waals surface area contributed by atoms with E-state index in [2.05, 4.69) is 63.4 Å². The van der Waals surface area contributed by atoms with Gasteiger partial charge in [-0.05, 0) is 31.2 Å². The Labute approximate surface area is 133 Å². The molecule has 0 saturated carbocycles. The third-order valence-electron chi connectivity index (χ3n) is 3.44. The molecule has 0 aliphatic carbocycles. The molecule has 0 aliphatic heterocycles. The molecule has 2 atom stereocenters. The number of hydrogen-bond donors (Lipinski definition) is 1. The monoisotopic (exact) mass is 353 g/mol. The number of halogens is 1. The van der Waals surface area contributed by atoms with Crippen molar-refractivity contribution in [3.63, 3.8) is 0 Å². The Kier molecular flexibility index (Phi) is 5.72. The SMILES string of the molecule is CCC(N)C(c1cccc(Br)c1)N(C)Cc1cscn1. The highest BCUT2D eigenvalue weighted by Gasteiger charge is 2.23. The van der Waals surface area contributed by atoms with Gasteiger partial charge in [0.25, 0.3) is 0 Å². The van der Waals surface area contributed by atoms with Gasteiger partial charge in [-0.2, -0.15) is 0 Å². The first-order valence-corrected chi connectivity index (χ1v) is 8.43. The molecule has 0 bridgehead atoms. The highest BCUT2D eigenvalue weighted by molar-refractivity contribution is 9.10. The van der Waals surface area contributed by atoms with Crippen LogP contribution in [-0.2, 0) is 6.54 Å². The number of rotatable bonds is 6. The Morgan fingerprint density at radius 2 is 2.25 bits per heavy atom. The van der Waals surface area contributed by atoms with Crippen molar-refractivity contribution in [2.75, 3.05) is 7.05 Å². The molecule has 0 amide bonds. The molecule has 0 aliphatic rings. The number of likely N-dealkylation sites (N-methyl/N-ethyl adjacent to an activating group) is 1. The van der Waals surface area contributed by atoms with Crippen LogP contribution < -0.4 is 5.73 Å². The minimum absolute atomic E-state index is 0.105. The maximum atomic E-state index is 6.35. The lowest BCUT2D eigenvalue weighted by atomic mass is 9.96. The normalized spacial score (nSPS) is 14.4. The van der Waals surface area contributed by atoms with E-state index < -0.39 is 0 Å². The number of aromatic nitrogens is 1. The summed E-state index contributed by atoms with van der Waals surface area (Å²) in [6.45, 7) is 2.95. The largest absolute Gasteiger partial charge is 0.326 e. The van der Waals surface area contributed by atoms with Crippen molar-refractivity contribution in [1.29, 1.82) is 0 Å². The van der Waals surface area contributed by atoms with Crippen molar-refractivity contribution >= 4 is 27.3 Å². The molecule has 1 aromatic carbocycles. The number of nitrogens with two attached hydrogens (primary N) is 1.